The molecule has 0 saturated heterocycles. The molecule has 2 rings (SSSR count). The van der Waals surface area contributed by atoms with Gasteiger partial charge in [-0.15, -0.1) is 0 Å². The van der Waals surface area contributed by atoms with E-state index in [1.807, 2.05) is 0 Å². The van der Waals surface area contributed by atoms with Gasteiger partial charge in [0.05, 0.1) is 0 Å². The summed E-state index contributed by atoms with van der Waals surface area (Å²) in [4.78, 5) is 0. The maximum absolute atomic E-state index is 5.55. The predicted molar refractivity (Wildman–Crippen MR) is 67.1 cm³/mol. The lowest BCUT2D eigenvalue weighted by Gasteiger charge is -2.07. The molecule has 0 unspecified atom stereocenters. The molecular weight excluding hydrogens is 202 g/mol. The van der Waals surface area contributed by atoms with Crippen LogP contribution < -0.4 is 5.73 Å². The molecule has 2 aromatic rings. The van der Waals surface area contributed by atoms with Gasteiger partial charge >= 0.3 is 0 Å². The molecule has 2 heteroatoms. The first-order chi connectivity index (χ1) is 7.42. The van der Waals surface area contributed by atoms with Gasteiger partial charge in [-0.25, -0.2) is 0 Å². The largest absolute Gasteiger partial charge is 0.330 e. The van der Waals surface area contributed by atoms with Gasteiger partial charge in [0.2, 0.25) is 0 Å². The Bertz CT molecular complexity index is 406. The zero-order valence-corrected chi connectivity index (χ0v) is 9.46. The van der Waals surface area contributed by atoms with Crippen molar-refractivity contribution in [2.75, 3.05) is 6.54 Å². The third-order valence-electron chi connectivity index (χ3n) is 2.50. The summed E-state index contributed by atoms with van der Waals surface area (Å²) in [5.74, 6) is 0. The summed E-state index contributed by atoms with van der Waals surface area (Å²) in [6.07, 6.45) is 2.13. The van der Waals surface area contributed by atoms with Crippen molar-refractivity contribution in [2.45, 2.75) is 12.8 Å². The van der Waals surface area contributed by atoms with Crippen molar-refractivity contribution in [1.29, 1.82) is 0 Å². The number of rotatable bonds is 4. The summed E-state index contributed by atoms with van der Waals surface area (Å²) in [5.41, 5.74) is 9.63. The van der Waals surface area contributed by atoms with Gasteiger partial charge in [0.1, 0.15) is 0 Å². The topological polar surface area (TPSA) is 26.0 Å². The highest BCUT2D eigenvalue weighted by atomic mass is 32.1. The van der Waals surface area contributed by atoms with E-state index in [1.165, 1.54) is 16.7 Å². The Labute approximate surface area is 94.6 Å². The summed E-state index contributed by atoms with van der Waals surface area (Å²) in [5, 5.41) is 4.32. The second kappa shape index (κ2) is 5.10. The fourth-order valence-corrected chi connectivity index (χ4v) is 2.39. The van der Waals surface area contributed by atoms with Gasteiger partial charge < -0.3 is 5.73 Å². The predicted octanol–water partition coefficient (Wildman–Crippen LogP) is 3.31. The molecule has 0 radical (unpaired) electrons. The quantitative estimate of drug-likeness (QED) is 0.835. The van der Waals surface area contributed by atoms with Crippen molar-refractivity contribution in [3.63, 3.8) is 0 Å². The Balaban J connectivity index is 2.30. The lowest BCUT2D eigenvalue weighted by molar-refractivity contribution is 0.834. The van der Waals surface area contributed by atoms with E-state index in [-0.39, 0.29) is 0 Å². The van der Waals surface area contributed by atoms with Crippen LogP contribution in [0.4, 0.5) is 0 Å². The lowest BCUT2D eigenvalue weighted by atomic mass is 9.99. The molecule has 0 fully saturated rings. The fourth-order valence-electron chi connectivity index (χ4n) is 1.73. The molecule has 2 N–H and O–H groups in total. The van der Waals surface area contributed by atoms with Crippen molar-refractivity contribution in [3.8, 4) is 11.1 Å². The maximum atomic E-state index is 5.55. The normalized spacial score (nSPS) is 10.5. The van der Waals surface area contributed by atoms with Gasteiger partial charge in [0.15, 0.2) is 0 Å². The van der Waals surface area contributed by atoms with Crippen LogP contribution in [0.3, 0.4) is 0 Å². The molecule has 0 bridgehead atoms. The van der Waals surface area contributed by atoms with Crippen LogP contribution in [0.15, 0.2) is 41.1 Å². The van der Waals surface area contributed by atoms with Crippen molar-refractivity contribution in [2.24, 2.45) is 5.73 Å². The molecule has 1 aromatic carbocycles. The van der Waals surface area contributed by atoms with Crippen LogP contribution in [0.2, 0.25) is 0 Å². The molecule has 0 amide bonds. The highest BCUT2D eigenvalue weighted by molar-refractivity contribution is 7.08. The minimum absolute atomic E-state index is 0.762. The van der Waals surface area contributed by atoms with Crippen LogP contribution in [0, 0.1) is 0 Å². The Hall–Kier alpha value is -1.12. The van der Waals surface area contributed by atoms with Crippen molar-refractivity contribution < 1.29 is 0 Å². The van der Waals surface area contributed by atoms with Crippen LogP contribution in [0.25, 0.3) is 11.1 Å². The number of nitrogens with two attached hydrogens (primary N) is 1. The second-order valence-electron chi connectivity index (χ2n) is 3.56. The van der Waals surface area contributed by atoms with Gasteiger partial charge in [-0.05, 0) is 52.9 Å². The third-order valence-corrected chi connectivity index (χ3v) is 3.18. The summed E-state index contributed by atoms with van der Waals surface area (Å²) < 4.78 is 0. The molecule has 1 nitrogen and oxygen atoms in total. The molecule has 0 atom stereocenters. The maximum Gasteiger partial charge on any atom is -0.00146 e. The number of hydrogen-bond acceptors (Lipinski definition) is 2. The summed E-state index contributed by atoms with van der Waals surface area (Å²) >= 11 is 1.74. The van der Waals surface area contributed by atoms with Crippen LogP contribution in [0.5, 0.6) is 0 Å². The highest BCUT2D eigenvalue weighted by Gasteiger charge is 2.03. The van der Waals surface area contributed by atoms with Crippen molar-refractivity contribution in [1.82, 2.24) is 0 Å². The van der Waals surface area contributed by atoms with Gasteiger partial charge in [-0.2, -0.15) is 11.3 Å². The average Bonchev–Trinajstić information content (AvgIpc) is 2.80. The van der Waals surface area contributed by atoms with E-state index in [1.54, 1.807) is 11.3 Å². The van der Waals surface area contributed by atoms with E-state index >= 15 is 0 Å². The average molecular weight is 217 g/mol. The molecule has 0 aliphatic heterocycles. The number of benzene rings is 1. The minimum Gasteiger partial charge on any atom is -0.330 e. The monoisotopic (exact) mass is 217 g/mol. The Morgan fingerprint density at radius 3 is 2.73 bits per heavy atom. The van der Waals surface area contributed by atoms with E-state index < -0.39 is 0 Å². The number of aryl methyl sites for hydroxylation is 1. The third kappa shape index (κ3) is 2.46. The Kier molecular flexibility index (Phi) is 3.54. The molecule has 0 saturated carbocycles. The highest BCUT2D eigenvalue weighted by Crippen LogP contribution is 2.26. The first kappa shape index (κ1) is 10.4. The van der Waals surface area contributed by atoms with Crippen LogP contribution in [-0.4, -0.2) is 6.54 Å². The van der Waals surface area contributed by atoms with Gasteiger partial charge in [0, 0.05) is 0 Å². The molecule has 0 aliphatic rings. The molecular formula is C13H15NS. The molecule has 15 heavy (non-hydrogen) atoms. The van der Waals surface area contributed by atoms with Gasteiger partial charge in [-0.3, -0.25) is 0 Å². The Morgan fingerprint density at radius 1 is 1.13 bits per heavy atom. The van der Waals surface area contributed by atoms with E-state index in [0.29, 0.717) is 0 Å². The van der Waals surface area contributed by atoms with Gasteiger partial charge in [-0.1, -0.05) is 24.3 Å². The fraction of sp³-hybridized carbons (Fsp3) is 0.231. The smallest absolute Gasteiger partial charge is 0.00146 e. The van der Waals surface area contributed by atoms with E-state index in [9.17, 15) is 0 Å². The van der Waals surface area contributed by atoms with E-state index in [4.69, 9.17) is 5.73 Å². The van der Waals surface area contributed by atoms with Crippen LogP contribution in [-0.2, 0) is 6.42 Å². The second-order valence-corrected chi connectivity index (χ2v) is 4.34. The van der Waals surface area contributed by atoms with Crippen molar-refractivity contribution >= 4 is 11.3 Å². The molecule has 0 aliphatic carbocycles. The van der Waals surface area contributed by atoms with Gasteiger partial charge in [0.25, 0.3) is 0 Å². The number of hydrogen-bond donors (Lipinski definition) is 1. The standard InChI is InChI=1S/C13H15NS/c14-8-3-5-11-4-1-2-6-13(11)12-7-9-15-10-12/h1-2,4,6-7,9-10H,3,5,8,14H2. The van der Waals surface area contributed by atoms with Crippen LogP contribution >= 0.6 is 11.3 Å². The first-order valence-corrected chi connectivity index (χ1v) is 6.16. The van der Waals surface area contributed by atoms with Crippen molar-refractivity contribution in [3.05, 3.63) is 46.7 Å². The lowest BCUT2D eigenvalue weighted by Crippen LogP contribution is -2.01. The first-order valence-electron chi connectivity index (χ1n) is 5.22. The molecule has 1 aromatic heterocycles. The summed E-state index contributed by atoms with van der Waals surface area (Å²) in [7, 11) is 0. The van der Waals surface area contributed by atoms with E-state index in [2.05, 4.69) is 41.1 Å². The molecule has 78 valence electrons. The summed E-state index contributed by atoms with van der Waals surface area (Å²) in [6, 6.07) is 10.8. The molecule has 1 heterocycles. The minimum atomic E-state index is 0.762. The SMILES string of the molecule is NCCCc1ccccc1-c1ccsc1. The van der Waals surface area contributed by atoms with Crippen LogP contribution in [0.1, 0.15) is 12.0 Å². The van der Waals surface area contributed by atoms with E-state index in [0.717, 1.165) is 19.4 Å². The zero-order chi connectivity index (χ0) is 10.5. The summed E-state index contributed by atoms with van der Waals surface area (Å²) in [6.45, 7) is 0.762. The molecule has 0 spiro atoms. The number of thiophene rings is 1. The Morgan fingerprint density at radius 2 is 2.00 bits per heavy atom. The zero-order valence-electron chi connectivity index (χ0n) is 8.65.